The van der Waals surface area contributed by atoms with Gasteiger partial charge in [-0.1, -0.05) is 48.5 Å². The van der Waals surface area contributed by atoms with E-state index in [4.69, 9.17) is 0 Å². The van der Waals surface area contributed by atoms with Crippen LogP contribution in [0, 0.1) is 13.8 Å². The molecular weight excluding hydrogens is 398 g/mol. The molecule has 0 aromatic heterocycles. The van der Waals surface area contributed by atoms with Crippen LogP contribution >= 0.6 is 0 Å². The van der Waals surface area contributed by atoms with Crippen LogP contribution in [0.4, 0.5) is 5.69 Å². The van der Waals surface area contributed by atoms with E-state index < -0.39 is 10.0 Å². The molecule has 2 aromatic rings. The van der Waals surface area contributed by atoms with Gasteiger partial charge in [0.1, 0.15) is 0 Å². The molecule has 0 saturated carbocycles. The van der Waals surface area contributed by atoms with Crippen LogP contribution in [0.15, 0.2) is 53.9 Å². The number of para-hydroxylation sites is 1. The van der Waals surface area contributed by atoms with Gasteiger partial charge in [-0.2, -0.15) is 4.31 Å². The van der Waals surface area contributed by atoms with E-state index in [1.54, 1.807) is 6.08 Å². The van der Waals surface area contributed by atoms with Crippen molar-refractivity contribution >= 4 is 27.7 Å². The average Bonchev–Trinajstić information content (AvgIpc) is 2.75. The molecule has 0 bridgehead atoms. The minimum absolute atomic E-state index is 0.0392. The lowest BCUT2D eigenvalue weighted by Crippen LogP contribution is -3.19. The predicted molar refractivity (Wildman–Crippen MR) is 121 cm³/mol. The molecule has 1 saturated heterocycles. The van der Waals surface area contributed by atoms with E-state index >= 15 is 0 Å². The number of sulfonamides is 1. The Labute approximate surface area is 179 Å². The summed E-state index contributed by atoms with van der Waals surface area (Å²) in [4.78, 5) is 13.9. The maximum atomic E-state index is 12.8. The standard InChI is InChI=1S/C23H29N3O3S/c1-18-8-7-9-19(2)22(18)24-23(27)20(3)25-13-15-26(16-14-25)30(28,29)17-12-21-10-5-4-6-11-21/h4-12,17,20H,13-16H2,1-3H3,(H,24,27)/p+1/b17-12+/t20-/m0/s1. The van der Waals surface area contributed by atoms with Gasteiger partial charge in [0.05, 0.1) is 26.2 Å². The lowest BCUT2D eigenvalue weighted by atomic mass is 10.1. The van der Waals surface area contributed by atoms with Crippen molar-refractivity contribution in [2.24, 2.45) is 0 Å². The van der Waals surface area contributed by atoms with Gasteiger partial charge in [0.25, 0.3) is 5.91 Å². The molecule has 160 valence electrons. The molecule has 1 amide bonds. The summed E-state index contributed by atoms with van der Waals surface area (Å²) in [5.41, 5.74) is 3.78. The third-order valence-electron chi connectivity index (χ3n) is 5.69. The predicted octanol–water partition coefficient (Wildman–Crippen LogP) is 1.83. The number of benzene rings is 2. The van der Waals surface area contributed by atoms with Crippen LogP contribution < -0.4 is 10.2 Å². The molecule has 2 aromatic carbocycles. The first-order valence-corrected chi connectivity index (χ1v) is 11.7. The first kappa shape index (κ1) is 22.2. The Morgan fingerprint density at radius 3 is 2.23 bits per heavy atom. The minimum Gasteiger partial charge on any atom is -0.323 e. The van der Waals surface area contributed by atoms with Crippen LogP contribution in [0.3, 0.4) is 0 Å². The van der Waals surface area contributed by atoms with E-state index in [0.717, 1.165) is 27.3 Å². The van der Waals surface area contributed by atoms with Gasteiger partial charge >= 0.3 is 0 Å². The van der Waals surface area contributed by atoms with Crippen LogP contribution in [0.25, 0.3) is 6.08 Å². The number of carbonyl (C=O) groups excluding carboxylic acids is 1. The molecule has 2 N–H and O–H groups in total. The van der Waals surface area contributed by atoms with E-state index in [1.807, 2.05) is 69.3 Å². The zero-order chi connectivity index (χ0) is 21.7. The number of anilines is 1. The van der Waals surface area contributed by atoms with Crippen LogP contribution in [0.1, 0.15) is 23.6 Å². The highest BCUT2D eigenvalue weighted by Gasteiger charge is 2.33. The Kier molecular flexibility index (Phi) is 7.07. The largest absolute Gasteiger partial charge is 0.323 e. The van der Waals surface area contributed by atoms with Crippen LogP contribution in [-0.4, -0.2) is 50.9 Å². The third kappa shape index (κ3) is 5.36. The van der Waals surface area contributed by atoms with Crippen molar-refractivity contribution in [1.82, 2.24) is 4.31 Å². The second-order valence-corrected chi connectivity index (χ2v) is 9.61. The van der Waals surface area contributed by atoms with Crippen molar-refractivity contribution in [2.45, 2.75) is 26.8 Å². The quantitative estimate of drug-likeness (QED) is 0.738. The number of nitrogens with one attached hydrogen (secondary N) is 2. The summed E-state index contributed by atoms with van der Waals surface area (Å²) in [6.07, 6.45) is 1.62. The first-order chi connectivity index (χ1) is 14.3. The summed E-state index contributed by atoms with van der Waals surface area (Å²) in [5, 5.41) is 4.32. The van der Waals surface area contributed by atoms with Gasteiger partial charge in [-0.25, -0.2) is 8.42 Å². The van der Waals surface area contributed by atoms with Crippen LogP contribution in [0.5, 0.6) is 0 Å². The maximum absolute atomic E-state index is 12.8. The summed E-state index contributed by atoms with van der Waals surface area (Å²) in [6, 6.07) is 15.0. The lowest BCUT2D eigenvalue weighted by molar-refractivity contribution is -0.917. The summed E-state index contributed by atoms with van der Waals surface area (Å²) in [6.45, 7) is 7.85. The number of hydrogen-bond acceptors (Lipinski definition) is 3. The van der Waals surface area contributed by atoms with Crippen molar-refractivity contribution in [2.75, 3.05) is 31.5 Å². The Bertz CT molecular complexity index is 991. The molecule has 7 heteroatoms. The first-order valence-electron chi connectivity index (χ1n) is 10.2. The molecule has 3 rings (SSSR count). The monoisotopic (exact) mass is 428 g/mol. The normalized spacial score (nSPS) is 17.2. The number of piperazine rings is 1. The van der Waals surface area contributed by atoms with Crippen molar-refractivity contribution in [3.05, 3.63) is 70.6 Å². The topological polar surface area (TPSA) is 70.9 Å². The smallest absolute Gasteiger partial charge is 0.282 e. The Hall–Kier alpha value is -2.48. The summed E-state index contributed by atoms with van der Waals surface area (Å²) >= 11 is 0. The second-order valence-electron chi connectivity index (χ2n) is 7.79. The SMILES string of the molecule is Cc1cccc(C)c1NC(=O)[C@H](C)[NH+]1CCN(S(=O)(=O)/C=C/c2ccccc2)CC1. The van der Waals surface area contributed by atoms with Gasteiger partial charge in [-0.05, 0) is 43.5 Å². The fourth-order valence-electron chi connectivity index (χ4n) is 3.70. The van der Waals surface area contributed by atoms with Crippen molar-refractivity contribution in [1.29, 1.82) is 0 Å². The van der Waals surface area contributed by atoms with Gasteiger partial charge in [0, 0.05) is 11.1 Å². The second kappa shape index (κ2) is 9.55. The van der Waals surface area contributed by atoms with E-state index in [2.05, 4.69) is 5.32 Å². The highest BCUT2D eigenvalue weighted by atomic mass is 32.2. The number of aryl methyl sites for hydroxylation is 2. The number of quaternary nitrogens is 1. The Morgan fingerprint density at radius 1 is 1.03 bits per heavy atom. The zero-order valence-electron chi connectivity index (χ0n) is 17.8. The van der Waals surface area contributed by atoms with Crippen LogP contribution in [0.2, 0.25) is 0 Å². The highest BCUT2D eigenvalue weighted by Crippen LogP contribution is 2.19. The summed E-state index contributed by atoms with van der Waals surface area (Å²) in [5.74, 6) is -0.0392. The van der Waals surface area contributed by atoms with Gasteiger partial charge in [-0.15, -0.1) is 0 Å². The molecule has 1 atom stereocenters. The molecule has 1 aliphatic rings. The number of amides is 1. The fourth-order valence-corrected chi connectivity index (χ4v) is 4.90. The summed E-state index contributed by atoms with van der Waals surface area (Å²) < 4.78 is 26.8. The Morgan fingerprint density at radius 2 is 1.63 bits per heavy atom. The van der Waals surface area contributed by atoms with Gasteiger partial charge < -0.3 is 10.2 Å². The van der Waals surface area contributed by atoms with Crippen molar-refractivity contribution in [3.63, 3.8) is 0 Å². The average molecular weight is 429 g/mol. The van der Waals surface area contributed by atoms with E-state index in [-0.39, 0.29) is 11.9 Å². The zero-order valence-corrected chi connectivity index (χ0v) is 18.6. The van der Waals surface area contributed by atoms with Crippen molar-refractivity contribution in [3.8, 4) is 0 Å². The van der Waals surface area contributed by atoms with Crippen LogP contribution in [-0.2, 0) is 14.8 Å². The highest BCUT2D eigenvalue weighted by molar-refractivity contribution is 7.92. The molecule has 6 nitrogen and oxygen atoms in total. The Balaban J connectivity index is 1.58. The van der Waals surface area contributed by atoms with E-state index in [1.165, 1.54) is 9.71 Å². The molecular formula is C23H30N3O3S+. The molecule has 0 unspecified atom stereocenters. The number of nitrogens with zero attached hydrogens (tertiary/aromatic N) is 1. The summed E-state index contributed by atoms with van der Waals surface area (Å²) in [7, 11) is -3.47. The molecule has 0 spiro atoms. The molecule has 0 aliphatic carbocycles. The maximum Gasteiger partial charge on any atom is 0.282 e. The molecule has 0 radical (unpaired) electrons. The molecule has 1 fully saturated rings. The number of hydrogen-bond donors (Lipinski definition) is 2. The molecule has 1 heterocycles. The third-order valence-corrected chi connectivity index (χ3v) is 7.26. The van der Waals surface area contributed by atoms with Crippen molar-refractivity contribution < 1.29 is 18.1 Å². The molecule has 1 aliphatic heterocycles. The lowest BCUT2D eigenvalue weighted by Gasteiger charge is -2.33. The van der Waals surface area contributed by atoms with Gasteiger partial charge in [0.15, 0.2) is 6.04 Å². The minimum atomic E-state index is -3.47. The fraction of sp³-hybridized carbons (Fsp3) is 0.348. The number of carbonyl (C=O) groups is 1. The van der Waals surface area contributed by atoms with E-state index in [0.29, 0.717) is 26.2 Å². The van der Waals surface area contributed by atoms with Gasteiger partial charge in [0.2, 0.25) is 10.0 Å². The van der Waals surface area contributed by atoms with E-state index in [9.17, 15) is 13.2 Å². The molecule has 30 heavy (non-hydrogen) atoms. The number of rotatable bonds is 6. The van der Waals surface area contributed by atoms with Gasteiger partial charge in [-0.3, -0.25) is 4.79 Å².